The molecule has 0 radical (unpaired) electrons. The number of methoxy groups -OCH3 is 2. The highest BCUT2D eigenvalue weighted by Crippen LogP contribution is 2.30. The van der Waals surface area contributed by atoms with Crippen molar-refractivity contribution >= 4 is 11.7 Å². The van der Waals surface area contributed by atoms with Crippen LogP contribution >= 0.6 is 0 Å². The van der Waals surface area contributed by atoms with E-state index in [0.717, 1.165) is 0 Å². The van der Waals surface area contributed by atoms with E-state index >= 15 is 0 Å². The molecule has 5 heteroatoms. The third-order valence-corrected chi connectivity index (χ3v) is 2.65. The van der Waals surface area contributed by atoms with Gasteiger partial charge in [0.05, 0.1) is 19.9 Å². The number of carbonyl (C=O) groups is 1. The fraction of sp³-hybridized carbons (Fsp3) is 0.462. The molecule has 0 aliphatic rings. The molecule has 2 N–H and O–H groups in total. The fourth-order valence-electron chi connectivity index (χ4n) is 1.60. The summed E-state index contributed by atoms with van der Waals surface area (Å²) < 4.78 is 10.3. The summed E-state index contributed by atoms with van der Waals surface area (Å²) in [4.78, 5) is 11.1. The standard InChI is InChI=1S/C13H19NO4/c1-8(2)12(13(15)16)14-10-6-5-9(17-3)7-11(10)18-4/h5-8,12,14H,1-4H3,(H,15,16). The number of hydrogen-bond acceptors (Lipinski definition) is 4. The first kappa shape index (κ1) is 14.2. The predicted molar refractivity (Wildman–Crippen MR) is 69.4 cm³/mol. The molecule has 1 aromatic rings. The quantitative estimate of drug-likeness (QED) is 0.813. The van der Waals surface area contributed by atoms with Crippen LogP contribution in [0.2, 0.25) is 0 Å². The number of ether oxygens (including phenoxy) is 2. The molecule has 0 fully saturated rings. The van der Waals surface area contributed by atoms with Crippen LogP contribution in [0.5, 0.6) is 11.5 Å². The Morgan fingerprint density at radius 2 is 1.94 bits per heavy atom. The van der Waals surface area contributed by atoms with Crippen molar-refractivity contribution in [3.05, 3.63) is 18.2 Å². The lowest BCUT2D eigenvalue weighted by Crippen LogP contribution is -2.34. The van der Waals surface area contributed by atoms with Gasteiger partial charge in [-0.2, -0.15) is 0 Å². The molecule has 0 bridgehead atoms. The van der Waals surface area contributed by atoms with Gasteiger partial charge in [-0.1, -0.05) is 13.8 Å². The monoisotopic (exact) mass is 253 g/mol. The minimum atomic E-state index is -0.886. The predicted octanol–water partition coefficient (Wildman–Crippen LogP) is 2.22. The molecule has 0 saturated heterocycles. The van der Waals surface area contributed by atoms with Crippen molar-refractivity contribution < 1.29 is 19.4 Å². The van der Waals surface area contributed by atoms with Crippen molar-refractivity contribution in [2.45, 2.75) is 19.9 Å². The van der Waals surface area contributed by atoms with E-state index in [1.807, 2.05) is 13.8 Å². The summed E-state index contributed by atoms with van der Waals surface area (Å²) in [5.74, 6) is 0.298. The molecular formula is C13H19NO4. The van der Waals surface area contributed by atoms with E-state index in [-0.39, 0.29) is 5.92 Å². The minimum Gasteiger partial charge on any atom is -0.497 e. The van der Waals surface area contributed by atoms with Crippen LogP contribution in [0.1, 0.15) is 13.8 Å². The third-order valence-electron chi connectivity index (χ3n) is 2.65. The molecule has 1 unspecified atom stereocenters. The normalized spacial score (nSPS) is 12.1. The molecule has 0 amide bonds. The van der Waals surface area contributed by atoms with Gasteiger partial charge in [0.25, 0.3) is 0 Å². The number of rotatable bonds is 6. The number of nitrogens with one attached hydrogen (secondary N) is 1. The van der Waals surface area contributed by atoms with E-state index < -0.39 is 12.0 Å². The summed E-state index contributed by atoms with van der Waals surface area (Å²) in [6.07, 6.45) is 0. The maximum atomic E-state index is 11.1. The lowest BCUT2D eigenvalue weighted by Gasteiger charge is -2.21. The number of carboxylic acids is 1. The van der Waals surface area contributed by atoms with Gasteiger partial charge in [-0.25, -0.2) is 4.79 Å². The molecule has 0 saturated carbocycles. The Balaban J connectivity index is 2.98. The fourth-order valence-corrected chi connectivity index (χ4v) is 1.60. The summed E-state index contributed by atoms with van der Waals surface area (Å²) >= 11 is 0. The summed E-state index contributed by atoms with van der Waals surface area (Å²) in [6.45, 7) is 3.70. The maximum absolute atomic E-state index is 11.1. The van der Waals surface area contributed by atoms with Crippen LogP contribution in [0, 0.1) is 5.92 Å². The van der Waals surface area contributed by atoms with Crippen LogP contribution in [0.4, 0.5) is 5.69 Å². The molecule has 18 heavy (non-hydrogen) atoms. The number of anilines is 1. The maximum Gasteiger partial charge on any atom is 0.326 e. The zero-order valence-corrected chi connectivity index (χ0v) is 11.1. The van der Waals surface area contributed by atoms with Crippen molar-refractivity contribution in [2.75, 3.05) is 19.5 Å². The zero-order valence-electron chi connectivity index (χ0n) is 11.1. The minimum absolute atomic E-state index is 0.0330. The van der Waals surface area contributed by atoms with Crippen LogP contribution in [-0.4, -0.2) is 31.3 Å². The lowest BCUT2D eigenvalue weighted by molar-refractivity contribution is -0.138. The molecule has 0 heterocycles. The molecule has 0 aliphatic carbocycles. The smallest absolute Gasteiger partial charge is 0.326 e. The summed E-state index contributed by atoms with van der Waals surface area (Å²) in [7, 11) is 3.10. The molecule has 0 aliphatic heterocycles. The molecule has 1 rings (SSSR count). The number of hydrogen-bond donors (Lipinski definition) is 2. The van der Waals surface area contributed by atoms with E-state index in [1.54, 1.807) is 25.3 Å². The van der Waals surface area contributed by atoms with Gasteiger partial charge in [0.2, 0.25) is 0 Å². The summed E-state index contributed by atoms with van der Waals surface area (Å²) in [5.41, 5.74) is 0.638. The third kappa shape index (κ3) is 3.29. The largest absolute Gasteiger partial charge is 0.497 e. The van der Waals surface area contributed by atoms with Crippen molar-refractivity contribution in [3.8, 4) is 11.5 Å². The Morgan fingerprint density at radius 1 is 1.28 bits per heavy atom. The van der Waals surface area contributed by atoms with E-state index in [9.17, 15) is 4.79 Å². The lowest BCUT2D eigenvalue weighted by atomic mass is 10.0. The Morgan fingerprint density at radius 3 is 2.39 bits per heavy atom. The second kappa shape index (κ2) is 6.14. The van der Waals surface area contributed by atoms with Crippen LogP contribution in [0.25, 0.3) is 0 Å². The van der Waals surface area contributed by atoms with Gasteiger partial charge in [-0.05, 0) is 18.1 Å². The van der Waals surface area contributed by atoms with Crippen molar-refractivity contribution in [1.29, 1.82) is 0 Å². The Kier molecular flexibility index (Phi) is 4.83. The molecule has 1 aromatic carbocycles. The van der Waals surface area contributed by atoms with Gasteiger partial charge in [0.1, 0.15) is 17.5 Å². The average Bonchev–Trinajstić information content (AvgIpc) is 2.34. The van der Waals surface area contributed by atoms with Gasteiger partial charge in [0, 0.05) is 6.07 Å². The zero-order chi connectivity index (χ0) is 13.7. The van der Waals surface area contributed by atoms with Gasteiger partial charge in [-0.15, -0.1) is 0 Å². The Hall–Kier alpha value is -1.91. The highest BCUT2D eigenvalue weighted by atomic mass is 16.5. The first-order chi connectivity index (χ1) is 8.49. The SMILES string of the molecule is COc1ccc(NC(C(=O)O)C(C)C)c(OC)c1. The van der Waals surface area contributed by atoms with Crippen LogP contribution in [0.15, 0.2) is 18.2 Å². The van der Waals surface area contributed by atoms with Crippen LogP contribution in [0.3, 0.4) is 0 Å². The van der Waals surface area contributed by atoms with Crippen LogP contribution in [-0.2, 0) is 4.79 Å². The number of carboxylic acid groups (broad SMARTS) is 1. The highest BCUT2D eigenvalue weighted by Gasteiger charge is 2.22. The summed E-state index contributed by atoms with van der Waals surface area (Å²) in [6, 6.07) is 4.55. The van der Waals surface area contributed by atoms with Crippen molar-refractivity contribution in [2.24, 2.45) is 5.92 Å². The molecule has 5 nitrogen and oxygen atoms in total. The van der Waals surface area contributed by atoms with E-state index in [0.29, 0.717) is 17.2 Å². The average molecular weight is 253 g/mol. The Labute approximate surface area is 107 Å². The van der Waals surface area contributed by atoms with Crippen LogP contribution < -0.4 is 14.8 Å². The van der Waals surface area contributed by atoms with Crippen molar-refractivity contribution in [1.82, 2.24) is 0 Å². The molecule has 0 aromatic heterocycles. The van der Waals surface area contributed by atoms with E-state index in [2.05, 4.69) is 5.32 Å². The van der Waals surface area contributed by atoms with Gasteiger partial charge < -0.3 is 19.9 Å². The molecule has 100 valence electrons. The topological polar surface area (TPSA) is 67.8 Å². The number of aliphatic carboxylic acids is 1. The molecular weight excluding hydrogens is 234 g/mol. The first-order valence-electron chi connectivity index (χ1n) is 5.71. The second-order valence-corrected chi connectivity index (χ2v) is 4.27. The number of benzene rings is 1. The first-order valence-corrected chi connectivity index (χ1v) is 5.71. The second-order valence-electron chi connectivity index (χ2n) is 4.27. The summed E-state index contributed by atoms with van der Waals surface area (Å²) in [5, 5.41) is 12.1. The van der Waals surface area contributed by atoms with E-state index in [4.69, 9.17) is 14.6 Å². The van der Waals surface area contributed by atoms with Gasteiger partial charge in [0.15, 0.2) is 0 Å². The van der Waals surface area contributed by atoms with Gasteiger partial charge >= 0.3 is 5.97 Å². The highest BCUT2D eigenvalue weighted by molar-refractivity contribution is 5.78. The molecule has 1 atom stereocenters. The van der Waals surface area contributed by atoms with Crippen molar-refractivity contribution in [3.63, 3.8) is 0 Å². The Bertz CT molecular complexity index is 417. The van der Waals surface area contributed by atoms with E-state index in [1.165, 1.54) is 7.11 Å². The van der Waals surface area contributed by atoms with Gasteiger partial charge in [-0.3, -0.25) is 0 Å². The molecule has 0 spiro atoms.